The molecule has 0 atom stereocenters. The summed E-state index contributed by atoms with van der Waals surface area (Å²) in [5, 5.41) is 9.22. The van der Waals surface area contributed by atoms with Gasteiger partial charge in [0.25, 0.3) is 5.91 Å². The first kappa shape index (κ1) is 14.7. The monoisotopic (exact) mass is 310 g/mol. The van der Waals surface area contributed by atoms with Crippen LogP contribution in [0.1, 0.15) is 21.5 Å². The Bertz CT molecular complexity index is 736. The van der Waals surface area contributed by atoms with Crippen LogP contribution >= 0.6 is 11.3 Å². The maximum atomic E-state index is 11.9. The summed E-state index contributed by atoms with van der Waals surface area (Å²) in [6.45, 7) is 2.36. The molecule has 3 N–H and O–H groups in total. The zero-order chi connectivity index (χ0) is 14.8. The summed E-state index contributed by atoms with van der Waals surface area (Å²) in [4.78, 5) is 11.9. The van der Waals surface area contributed by atoms with Gasteiger partial charge in [-0.1, -0.05) is 29.8 Å². The highest BCUT2D eigenvalue weighted by Crippen LogP contribution is 2.18. The molecule has 0 aliphatic rings. The number of sulfonamides is 1. The fourth-order valence-corrected chi connectivity index (χ4v) is 3.28. The Labute approximate surface area is 121 Å². The molecule has 1 aromatic carbocycles. The summed E-state index contributed by atoms with van der Waals surface area (Å²) in [5.74, 6) is -0.322. The summed E-state index contributed by atoms with van der Waals surface area (Å²) in [5.41, 5.74) is 2.40. The van der Waals surface area contributed by atoms with E-state index in [4.69, 9.17) is 5.14 Å². The van der Waals surface area contributed by atoms with Crippen LogP contribution in [0.4, 0.5) is 0 Å². The van der Waals surface area contributed by atoms with E-state index in [1.165, 1.54) is 11.4 Å². The molecule has 106 valence electrons. The molecule has 7 heteroatoms. The highest BCUT2D eigenvalue weighted by atomic mass is 32.2. The van der Waals surface area contributed by atoms with Gasteiger partial charge in [-0.3, -0.25) is 4.79 Å². The Hall–Kier alpha value is -1.70. The van der Waals surface area contributed by atoms with Crippen LogP contribution in [0.25, 0.3) is 0 Å². The third-order valence-corrected chi connectivity index (χ3v) is 5.04. The molecular weight excluding hydrogens is 296 g/mol. The normalized spacial score (nSPS) is 11.3. The van der Waals surface area contributed by atoms with E-state index in [0.717, 1.165) is 22.5 Å². The molecule has 0 saturated carbocycles. The summed E-state index contributed by atoms with van der Waals surface area (Å²) in [6, 6.07) is 9.06. The number of primary sulfonamides is 1. The molecule has 0 aliphatic carbocycles. The Balaban J connectivity index is 2.04. The van der Waals surface area contributed by atoms with Gasteiger partial charge in [0.2, 0.25) is 10.0 Å². The van der Waals surface area contributed by atoms with Gasteiger partial charge in [0.1, 0.15) is 4.21 Å². The molecule has 1 aromatic heterocycles. The van der Waals surface area contributed by atoms with Crippen molar-refractivity contribution >= 4 is 27.3 Å². The lowest BCUT2D eigenvalue weighted by atomic mass is 10.1. The first-order valence-electron chi connectivity index (χ1n) is 5.81. The van der Waals surface area contributed by atoms with Crippen molar-refractivity contribution in [2.24, 2.45) is 5.14 Å². The van der Waals surface area contributed by atoms with Gasteiger partial charge in [-0.15, -0.1) is 11.3 Å². The van der Waals surface area contributed by atoms with Gasteiger partial charge in [0.05, 0.1) is 5.56 Å². The van der Waals surface area contributed by atoms with E-state index in [1.54, 1.807) is 0 Å². The van der Waals surface area contributed by atoms with Crippen molar-refractivity contribution in [2.45, 2.75) is 17.7 Å². The summed E-state index contributed by atoms with van der Waals surface area (Å²) in [7, 11) is -3.75. The van der Waals surface area contributed by atoms with E-state index in [-0.39, 0.29) is 10.1 Å². The predicted molar refractivity (Wildman–Crippen MR) is 78.0 cm³/mol. The Kier molecular flexibility index (Phi) is 4.22. The van der Waals surface area contributed by atoms with E-state index >= 15 is 0 Å². The highest BCUT2D eigenvalue weighted by Gasteiger charge is 2.14. The van der Waals surface area contributed by atoms with Crippen molar-refractivity contribution < 1.29 is 13.2 Å². The van der Waals surface area contributed by atoms with Crippen LogP contribution in [0.3, 0.4) is 0 Å². The van der Waals surface area contributed by atoms with Crippen molar-refractivity contribution in [1.82, 2.24) is 5.32 Å². The van der Waals surface area contributed by atoms with Crippen molar-refractivity contribution in [3.05, 3.63) is 52.4 Å². The maximum Gasteiger partial charge on any atom is 0.252 e. The Morgan fingerprint density at radius 1 is 1.35 bits per heavy atom. The fourth-order valence-electron chi connectivity index (χ4n) is 1.69. The van der Waals surface area contributed by atoms with Gasteiger partial charge in [0.15, 0.2) is 0 Å². The average Bonchev–Trinajstić information content (AvgIpc) is 2.85. The van der Waals surface area contributed by atoms with E-state index in [2.05, 4.69) is 5.32 Å². The number of nitrogens with two attached hydrogens (primary N) is 1. The lowest BCUT2D eigenvalue weighted by molar-refractivity contribution is 0.0951. The van der Waals surface area contributed by atoms with Crippen LogP contribution in [-0.2, 0) is 16.6 Å². The van der Waals surface area contributed by atoms with Crippen LogP contribution in [0.15, 0.2) is 39.9 Å². The van der Waals surface area contributed by atoms with Gasteiger partial charge in [-0.2, -0.15) is 0 Å². The second kappa shape index (κ2) is 5.74. The minimum Gasteiger partial charge on any atom is -0.348 e. The molecule has 0 fully saturated rings. The number of hydrogen-bond acceptors (Lipinski definition) is 4. The average molecular weight is 310 g/mol. The second-order valence-electron chi connectivity index (χ2n) is 4.37. The van der Waals surface area contributed by atoms with Crippen molar-refractivity contribution in [3.63, 3.8) is 0 Å². The van der Waals surface area contributed by atoms with Gasteiger partial charge < -0.3 is 5.32 Å². The van der Waals surface area contributed by atoms with Crippen molar-refractivity contribution in [2.75, 3.05) is 0 Å². The van der Waals surface area contributed by atoms with Crippen LogP contribution in [0.2, 0.25) is 0 Å². The van der Waals surface area contributed by atoms with Gasteiger partial charge in [-0.05, 0) is 18.6 Å². The summed E-state index contributed by atoms with van der Waals surface area (Å²) >= 11 is 0.935. The minimum atomic E-state index is -3.75. The number of carbonyl (C=O) groups excluding carboxylic acids is 1. The Morgan fingerprint density at radius 3 is 2.70 bits per heavy atom. The van der Waals surface area contributed by atoms with Crippen molar-refractivity contribution in [1.29, 1.82) is 0 Å². The van der Waals surface area contributed by atoms with E-state index in [1.807, 2.05) is 31.2 Å². The zero-order valence-corrected chi connectivity index (χ0v) is 12.4. The molecule has 2 rings (SSSR count). The smallest absolute Gasteiger partial charge is 0.252 e. The number of amides is 1. The topological polar surface area (TPSA) is 89.3 Å². The molecule has 1 amide bonds. The number of hydrogen-bond donors (Lipinski definition) is 2. The fraction of sp³-hybridized carbons (Fsp3) is 0.154. The first-order chi connectivity index (χ1) is 9.36. The number of carbonyl (C=O) groups is 1. The molecule has 5 nitrogen and oxygen atoms in total. The third-order valence-electron chi connectivity index (χ3n) is 2.65. The third kappa shape index (κ3) is 3.66. The molecule has 20 heavy (non-hydrogen) atoms. The first-order valence-corrected chi connectivity index (χ1v) is 8.24. The molecular formula is C13H14N2O3S2. The van der Waals surface area contributed by atoms with Crippen LogP contribution in [-0.4, -0.2) is 14.3 Å². The van der Waals surface area contributed by atoms with E-state index in [0.29, 0.717) is 12.1 Å². The predicted octanol–water partition coefficient (Wildman–Crippen LogP) is 1.63. The molecule has 0 saturated heterocycles. The lowest BCUT2D eigenvalue weighted by Crippen LogP contribution is -2.22. The maximum absolute atomic E-state index is 11.9. The number of benzene rings is 1. The standard InChI is InChI=1S/C13H14N2O3S2/c1-9-3-2-4-10(5-9)7-15-13(16)11-6-12(19-8-11)20(14,17)18/h2-6,8H,7H2,1H3,(H,15,16)(H2,14,17,18). The highest BCUT2D eigenvalue weighted by molar-refractivity contribution is 7.91. The zero-order valence-electron chi connectivity index (χ0n) is 10.8. The van der Waals surface area contributed by atoms with Crippen LogP contribution in [0, 0.1) is 6.92 Å². The SMILES string of the molecule is Cc1cccc(CNC(=O)c2csc(S(N)(=O)=O)c2)c1. The molecule has 0 bridgehead atoms. The van der Waals surface area contributed by atoms with Crippen molar-refractivity contribution in [3.8, 4) is 0 Å². The molecule has 0 spiro atoms. The van der Waals surface area contributed by atoms with Gasteiger partial charge in [0, 0.05) is 11.9 Å². The number of aryl methyl sites for hydroxylation is 1. The molecule has 0 unspecified atom stereocenters. The number of nitrogens with one attached hydrogen (secondary N) is 1. The minimum absolute atomic E-state index is 0.0156. The van der Waals surface area contributed by atoms with Gasteiger partial charge >= 0.3 is 0 Å². The summed E-state index contributed by atoms with van der Waals surface area (Å²) in [6.07, 6.45) is 0. The van der Waals surface area contributed by atoms with Crippen LogP contribution < -0.4 is 10.5 Å². The number of thiophene rings is 1. The molecule has 0 aliphatic heterocycles. The van der Waals surface area contributed by atoms with E-state index < -0.39 is 10.0 Å². The van der Waals surface area contributed by atoms with E-state index in [9.17, 15) is 13.2 Å². The Morgan fingerprint density at radius 2 is 2.10 bits per heavy atom. The van der Waals surface area contributed by atoms with Crippen LogP contribution in [0.5, 0.6) is 0 Å². The largest absolute Gasteiger partial charge is 0.348 e. The molecule has 2 aromatic rings. The van der Waals surface area contributed by atoms with Gasteiger partial charge in [-0.25, -0.2) is 13.6 Å². The summed E-state index contributed by atoms with van der Waals surface area (Å²) < 4.78 is 22.3. The second-order valence-corrected chi connectivity index (χ2v) is 7.07. The molecule has 0 radical (unpaired) electrons. The molecule has 1 heterocycles. The lowest BCUT2D eigenvalue weighted by Gasteiger charge is -2.04. The quantitative estimate of drug-likeness (QED) is 0.899. The number of rotatable bonds is 4.